The lowest BCUT2D eigenvalue weighted by Crippen LogP contribution is -2.07. The largest absolute Gasteiger partial charge is 0.448 e. The summed E-state index contributed by atoms with van der Waals surface area (Å²) in [4.78, 5) is 10.6. The van der Waals surface area contributed by atoms with Gasteiger partial charge >= 0.3 is 10.4 Å². The molecule has 0 aliphatic rings. The maximum absolute atomic E-state index is 10.9. The Morgan fingerprint density at radius 2 is 1.88 bits per heavy atom. The maximum atomic E-state index is 10.9. The van der Waals surface area contributed by atoms with Crippen LogP contribution in [0, 0.1) is 0 Å². The van der Waals surface area contributed by atoms with Crippen LogP contribution in [0.1, 0.15) is 5.56 Å². The average Bonchev–Trinajstić information content (AvgIpc) is 2.31. The minimum absolute atomic E-state index is 0.269. The standard InChI is InChI=1S/C10H9ClO5S/c1-15-17(13,14)16-10(7-12)6-8-2-4-9(11)5-3-8/h2-7H,1H3/b10-6-. The smallest absolute Gasteiger partial charge is 0.358 e. The van der Waals surface area contributed by atoms with Crippen molar-refractivity contribution in [1.82, 2.24) is 0 Å². The molecule has 0 heterocycles. The van der Waals surface area contributed by atoms with Gasteiger partial charge in [-0.3, -0.25) is 4.79 Å². The molecule has 0 aliphatic heterocycles. The molecule has 0 aromatic heterocycles. The zero-order chi connectivity index (χ0) is 12.9. The van der Waals surface area contributed by atoms with Gasteiger partial charge in [-0.05, 0) is 23.8 Å². The third-order valence-electron chi connectivity index (χ3n) is 1.70. The van der Waals surface area contributed by atoms with E-state index < -0.39 is 10.4 Å². The zero-order valence-electron chi connectivity index (χ0n) is 8.79. The van der Waals surface area contributed by atoms with Gasteiger partial charge in [0.05, 0.1) is 7.11 Å². The van der Waals surface area contributed by atoms with Gasteiger partial charge in [-0.1, -0.05) is 23.7 Å². The first-order valence-electron chi connectivity index (χ1n) is 4.39. The number of aldehydes is 1. The number of carbonyl (C=O) groups excluding carboxylic acids is 1. The summed E-state index contributed by atoms with van der Waals surface area (Å²) >= 11 is 5.67. The fourth-order valence-electron chi connectivity index (χ4n) is 0.953. The van der Waals surface area contributed by atoms with Gasteiger partial charge < -0.3 is 4.18 Å². The molecule has 5 nitrogen and oxygen atoms in total. The molecule has 17 heavy (non-hydrogen) atoms. The highest BCUT2D eigenvalue weighted by atomic mass is 35.5. The van der Waals surface area contributed by atoms with Gasteiger partial charge in [0, 0.05) is 5.02 Å². The van der Waals surface area contributed by atoms with Crippen molar-refractivity contribution in [2.75, 3.05) is 7.11 Å². The van der Waals surface area contributed by atoms with Crippen LogP contribution >= 0.6 is 11.6 Å². The van der Waals surface area contributed by atoms with E-state index in [1.807, 2.05) is 0 Å². The zero-order valence-corrected chi connectivity index (χ0v) is 10.4. The van der Waals surface area contributed by atoms with Crippen molar-refractivity contribution in [3.05, 3.63) is 40.6 Å². The predicted molar refractivity (Wildman–Crippen MR) is 62.5 cm³/mol. The molecule has 0 unspecified atom stereocenters. The highest BCUT2D eigenvalue weighted by Gasteiger charge is 2.12. The van der Waals surface area contributed by atoms with E-state index in [0.717, 1.165) is 7.11 Å². The van der Waals surface area contributed by atoms with Crippen molar-refractivity contribution in [2.24, 2.45) is 0 Å². The Bertz CT molecular complexity index is 518. The molecule has 7 heteroatoms. The molecule has 0 spiro atoms. The first-order chi connectivity index (χ1) is 7.96. The van der Waals surface area contributed by atoms with Gasteiger partial charge in [0.2, 0.25) is 0 Å². The van der Waals surface area contributed by atoms with Gasteiger partial charge in [-0.2, -0.15) is 8.42 Å². The molecule has 0 saturated carbocycles. The Labute approximate surface area is 104 Å². The van der Waals surface area contributed by atoms with Crippen LogP contribution in [0.15, 0.2) is 30.0 Å². The van der Waals surface area contributed by atoms with Crippen LogP contribution in [0.3, 0.4) is 0 Å². The van der Waals surface area contributed by atoms with E-state index in [0.29, 0.717) is 10.6 Å². The summed E-state index contributed by atoms with van der Waals surface area (Å²) in [6.07, 6.45) is 1.52. The van der Waals surface area contributed by atoms with Crippen LogP contribution in [-0.2, 0) is 23.6 Å². The Hall–Kier alpha value is -1.37. The fraction of sp³-hybridized carbons (Fsp3) is 0.100. The van der Waals surface area contributed by atoms with E-state index in [9.17, 15) is 13.2 Å². The van der Waals surface area contributed by atoms with Crippen LogP contribution in [0.4, 0.5) is 0 Å². The van der Waals surface area contributed by atoms with Crippen molar-refractivity contribution < 1.29 is 21.6 Å². The predicted octanol–water partition coefficient (Wildman–Crippen LogP) is 1.79. The molecule has 92 valence electrons. The Balaban J connectivity index is 2.95. The molecule has 0 atom stereocenters. The van der Waals surface area contributed by atoms with E-state index >= 15 is 0 Å². The molecule has 1 aromatic carbocycles. The molecule has 0 saturated heterocycles. The summed E-state index contributed by atoms with van der Waals surface area (Å²) in [5.41, 5.74) is 0.572. The topological polar surface area (TPSA) is 69.7 Å². The molecular weight excluding hydrogens is 268 g/mol. The molecule has 0 radical (unpaired) electrons. The third-order valence-corrected chi connectivity index (χ3v) is 2.75. The monoisotopic (exact) mass is 276 g/mol. The van der Waals surface area contributed by atoms with E-state index in [2.05, 4.69) is 8.37 Å². The molecular formula is C10H9ClO5S. The van der Waals surface area contributed by atoms with Gasteiger partial charge in [-0.25, -0.2) is 4.18 Å². The molecule has 1 aromatic rings. The number of rotatable bonds is 5. The summed E-state index contributed by atoms with van der Waals surface area (Å²) in [7, 11) is -3.25. The minimum Gasteiger partial charge on any atom is -0.358 e. The summed E-state index contributed by atoms with van der Waals surface area (Å²) in [5, 5.41) is 0.528. The van der Waals surface area contributed by atoms with Crippen molar-refractivity contribution >= 4 is 34.4 Å². The summed E-state index contributed by atoms with van der Waals surface area (Å²) in [6.45, 7) is 0. The molecule has 0 N–H and O–H groups in total. The number of halogens is 1. The van der Waals surface area contributed by atoms with Crippen LogP contribution in [0.5, 0.6) is 0 Å². The number of allylic oxidation sites excluding steroid dienone is 1. The summed E-state index contributed by atoms with van der Waals surface area (Å²) in [6, 6.07) is 6.41. The van der Waals surface area contributed by atoms with Crippen molar-refractivity contribution in [3.63, 3.8) is 0 Å². The van der Waals surface area contributed by atoms with Crippen LogP contribution < -0.4 is 0 Å². The summed E-state index contributed by atoms with van der Waals surface area (Å²) in [5.74, 6) is -0.380. The van der Waals surface area contributed by atoms with Gasteiger partial charge in [0.1, 0.15) is 0 Å². The second-order valence-electron chi connectivity index (χ2n) is 2.87. The number of carbonyl (C=O) groups is 1. The number of hydrogen-bond donors (Lipinski definition) is 0. The van der Waals surface area contributed by atoms with Gasteiger partial charge in [0.15, 0.2) is 12.0 Å². The SMILES string of the molecule is COS(=O)(=O)O/C(C=O)=C\c1ccc(Cl)cc1. The Morgan fingerprint density at radius 3 is 2.35 bits per heavy atom. The average molecular weight is 277 g/mol. The maximum Gasteiger partial charge on any atom is 0.448 e. The first-order valence-corrected chi connectivity index (χ1v) is 6.10. The normalized spacial score (nSPS) is 12.2. The van der Waals surface area contributed by atoms with E-state index in [1.165, 1.54) is 6.08 Å². The Morgan fingerprint density at radius 1 is 1.29 bits per heavy atom. The van der Waals surface area contributed by atoms with Crippen molar-refractivity contribution in [2.45, 2.75) is 0 Å². The van der Waals surface area contributed by atoms with E-state index in [-0.39, 0.29) is 12.0 Å². The lowest BCUT2D eigenvalue weighted by molar-refractivity contribution is -0.106. The molecule has 0 bridgehead atoms. The number of benzene rings is 1. The lowest BCUT2D eigenvalue weighted by atomic mass is 10.2. The second-order valence-corrected chi connectivity index (χ2v) is 4.63. The molecule has 1 rings (SSSR count). The lowest BCUT2D eigenvalue weighted by Gasteiger charge is -2.03. The van der Waals surface area contributed by atoms with Crippen LogP contribution in [0.2, 0.25) is 5.02 Å². The molecule has 0 amide bonds. The van der Waals surface area contributed by atoms with E-state index in [4.69, 9.17) is 11.6 Å². The molecule has 0 fully saturated rings. The second kappa shape index (κ2) is 5.81. The Kier molecular flexibility index (Phi) is 4.68. The summed E-state index contributed by atoms with van der Waals surface area (Å²) < 4.78 is 30.3. The van der Waals surface area contributed by atoms with Gasteiger partial charge in [0.25, 0.3) is 0 Å². The molecule has 0 aliphatic carbocycles. The number of hydrogen-bond acceptors (Lipinski definition) is 5. The van der Waals surface area contributed by atoms with Gasteiger partial charge in [-0.15, -0.1) is 0 Å². The quantitative estimate of drug-likeness (QED) is 0.466. The highest BCUT2D eigenvalue weighted by molar-refractivity contribution is 7.82. The minimum atomic E-state index is -4.18. The van der Waals surface area contributed by atoms with Crippen LogP contribution in [-0.4, -0.2) is 21.8 Å². The van der Waals surface area contributed by atoms with Crippen molar-refractivity contribution in [3.8, 4) is 0 Å². The highest BCUT2D eigenvalue weighted by Crippen LogP contribution is 2.13. The van der Waals surface area contributed by atoms with Crippen LogP contribution in [0.25, 0.3) is 6.08 Å². The van der Waals surface area contributed by atoms with E-state index in [1.54, 1.807) is 24.3 Å². The third kappa shape index (κ3) is 4.56. The van der Waals surface area contributed by atoms with Crippen molar-refractivity contribution in [1.29, 1.82) is 0 Å². The fourth-order valence-corrected chi connectivity index (χ4v) is 1.47. The first kappa shape index (κ1) is 13.7.